The maximum atomic E-state index is 13.0. The molecule has 1 fully saturated rings. The van der Waals surface area contributed by atoms with Crippen LogP contribution in [0.1, 0.15) is 18.4 Å². The Balaban J connectivity index is 0.00000342. The minimum absolute atomic E-state index is 0. The highest BCUT2D eigenvalue weighted by Gasteiger charge is 2.29. The van der Waals surface area contributed by atoms with Gasteiger partial charge >= 0.3 is 6.03 Å². The van der Waals surface area contributed by atoms with Crippen molar-refractivity contribution in [1.29, 1.82) is 0 Å². The molecule has 0 bridgehead atoms. The molecule has 2 aliphatic rings. The molecule has 192 valence electrons. The molecule has 1 unspecified atom stereocenters. The fourth-order valence-electron chi connectivity index (χ4n) is 4.41. The van der Waals surface area contributed by atoms with Crippen molar-refractivity contribution in [2.45, 2.75) is 30.2 Å². The van der Waals surface area contributed by atoms with E-state index < -0.39 is 10.0 Å². The van der Waals surface area contributed by atoms with Crippen LogP contribution in [0.4, 0.5) is 14.9 Å². The third kappa shape index (κ3) is 6.43. The van der Waals surface area contributed by atoms with E-state index in [1.165, 1.54) is 30.5 Å². The summed E-state index contributed by atoms with van der Waals surface area (Å²) in [7, 11) is -0.501. The van der Waals surface area contributed by atoms with Crippen LogP contribution in [0.15, 0.2) is 47.4 Å². The van der Waals surface area contributed by atoms with Gasteiger partial charge in [-0.05, 0) is 73.8 Å². The number of sulfonamides is 1. The first-order valence-electron chi connectivity index (χ1n) is 11.5. The van der Waals surface area contributed by atoms with Crippen molar-refractivity contribution in [3.05, 3.63) is 53.8 Å². The molecule has 35 heavy (non-hydrogen) atoms. The number of likely N-dealkylation sites (tertiary alicyclic amines) is 1. The lowest BCUT2D eigenvalue weighted by Gasteiger charge is -2.34. The van der Waals surface area contributed by atoms with E-state index >= 15 is 0 Å². The van der Waals surface area contributed by atoms with Gasteiger partial charge in [-0.25, -0.2) is 21.9 Å². The first kappa shape index (κ1) is 27.2. The molecule has 8 nitrogen and oxygen atoms in total. The summed E-state index contributed by atoms with van der Waals surface area (Å²) in [6.45, 7) is 3.41. The number of carbonyl (C=O) groups excluding carboxylic acids is 1. The molecule has 1 N–H and O–H groups in total. The topological polar surface area (TPSA) is 82.2 Å². The number of carbonyl (C=O) groups is 1. The number of hydrogen-bond donors (Lipinski definition) is 1. The summed E-state index contributed by atoms with van der Waals surface area (Å²) in [5.74, 6) is 0.346. The van der Waals surface area contributed by atoms with Crippen LogP contribution >= 0.6 is 12.4 Å². The highest BCUT2D eigenvalue weighted by Crippen LogP contribution is 2.31. The molecule has 2 amide bonds. The van der Waals surface area contributed by atoms with E-state index in [9.17, 15) is 17.6 Å². The number of piperidine rings is 1. The van der Waals surface area contributed by atoms with Crippen molar-refractivity contribution in [2.24, 2.45) is 0 Å². The number of halogens is 2. The minimum atomic E-state index is -3.51. The fraction of sp³-hybridized carbons (Fsp3) is 0.458. The number of benzene rings is 2. The third-order valence-corrected chi connectivity index (χ3v) is 8.10. The second-order valence-corrected chi connectivity index (χ2v) is 11.0. The number of urea groups is 1. The largest absolute Gasteiger partial charge is 0.492 e. The molecular formula is C24H32ClFN4O4S. The van der Waals surface area contributed by atoms with Gasteiger partial charge in [0.25, 0.3) is 0 Å². The average Bonchev–Trinajstić information content (AvgIpc) is 3.24. The van der Waals surface area contributed by atoms with Gasteiger partial charge in [0.15, 0.2) is 0 Å². The monoisotopic (exact) mass is 526 g/mol. The van der Waals surface area contributed by atoms with Crippen molar-refractivity contribution in [3.8, 4) is 5.75 Å². The molecule has 0 radical (unpaired) electrons. The van der Waals surface area contributed by atoms with Gasteiger partial charge in [-0.1, -0.05) is 0 Å². The van der Waals surface area contributed by atoms with Gasteiger partial charge in [-0.3, -0.25) is 9.80 Å². The molecule has 0 spiro atoms. The summed E-state index contributed by atoms with van der Waals surface area (Å²) in [5.41, 5.74) is 1.62. The lowest BCUT2D eigenvalue weighted by Crippen LogP contribution is -2.52. The van der Waals surface area contributed by atoms with Crippen LogP contribution in [0, 0.1) is 5.82 Å². The van der Waals surface area contributed by atoms with Crippen molar-refractivity contribution in [3.63, 3.8) is 0 Å². The minimum Gasteiger partial charge on any atom is -0.492 e. The molecule has 2 aromatic carbocycles. The van der Waals surface area contributed by atoms with E-state index in [1.807, 2.05) is 0 Å². The van der Waals surface area contributed by atoms with Crippen LogP contribution < -0.4 is 15.0 Å². The highest BCUT2D eigenvalue weighted by atomic mass is 35.5. The molecule has 0 saturated carbocycles. The second-order valence-electron chi connectivity index (χ2n) is 8.87. The summed E-state index contributed by atoms with van der Waals surface area (Å²) >= 11 is 0. The molecule has 1 atom stereocenters. The maximum absolute atomic E-state index is 13.0. The molecule has 1 saturated heterocycles. The third-order valence-electron chi connectivity index (χ3n) is 6.29. The predicted molar refractivity (Wildman–Crippen MR) is 136 cm³/mol. The van der Waals surface area contributed by atoms with Crippen LogP contribution in [0.2, 0.25) is 0 Å². The van der Waals surface area contributed by atoms with E-state index in [-0.39, 0.29) is 35.2 Å². The number of nitrogens with one attached hydrogen (secondary N) is 1. The molecule has 0 aliphatic carbocycles. The van der Waals surface area contributed by atoms with Gasteiger partial charge in [-0.2, -0.15) is 0 Å². The Morgan fingerprint density at radius 1 is 1.17 bits per heavy atom. The molecule has 11 heteroatoms. The molecule has 2 aliphatic heterocycles. The predicted octanol–water partition coefficient (Wildman–Crippen LogP) is 3.11. The van der Waals surface area contributed by atoms with Gasteiger partial charge in [0.2, 0.25) is 10.0 Å². The highest BCUT2D eigenvalue weighted by molar-refractivity contribution is 7.89. The average molecular weight is 527 g/mol. The van der Waals surface area contributed by atoms with Gasteiger partial charge in [0, 0.05) is 45.5 Å². The summed E-state index contributed by atoms with van der Waals surface area (Å²) < 4.78 is 44.7. The summed E-state index contributed by atoms with van der Waals surface area (Å²) in [4.78, 5) is 17.2. The summed E-state index contributed by atoms with van der Waals surface area (Å²) in [6.07, 6.45) is 2.50. The molecular weight excluding hydrogens is 495 g/mol. The Morgan fingerprint density at radius 3 is 2.63 bits per heavy atom. The van der Waals surface area contributed by atoms with Crippen LogP contribution in [-0.4, -0.2) is 76.6 Å². The van der Waals surface area contributed by atoms with Crippen LogP contribution in [-0.2, 0) is 16.4 Å². The van der Waals surface area contributed by atoms with Crippen molar-refractivity contribution >= 4 is 34.1 Å². The first-order valence-corrected chi connectivity index (χ1v) is 12.9. The zero-order chi connectivity index (χ0) is 24.3. The first-order chi connectivity index (χ1) is 16.2. The SMILES string of the molecule is CN(C)S(=O)(=O)c1ccc2c(c1)CCN2C(=O)NC1CCCN(CCOc2ccc(F)cc2)C1.Cl. The smallest absolute Gasteiger partial charge is 0.322 e. The number of amides is 2. The quantitative estimate of drug-likeness (QED) is 0.599. The Labute approximate surface area is 212 Å². The van der Waals surface area contributed by atoms with Gasteiger partial charge < -0.3 is 10.1 Å². The number of ether oxygens (including phenoxy) is 1. The zero-order valence-corrected chi connectivity index (χ0v) is 21.6. The molecule has 2 aromatic rings. The lowest BCUT2D eigenvalue weighted by molar-refractivity contribution is 0.160. The molecule has 4 rings (SSSR count). The lowest BCUT2D eigenvalue weighted by atomic mass is 10.1. The number of fused-ring (bicyclic) bond motifs is 1. The maximum Gasteiger partial charge on any atom is 0.322 e. The summed E-state index contributed by atoms with van der Waals surface area (Å²) in [6, 6.07) is 10.8. The molecule has 0 aromatic heterocycles. The normalized spacial score (nSPS) is 18.2. The standard InChI is InChI=1S/C24H31FN4O4S.ClH/c1-27(2)34(31,32)22-9-10-23-18(16-22)11-13-29(23)24(30)26-20-4-3-12-28(17-20)14-15-33-21-7-5-19(25)6-8-21;/h5-10,16,20H,3-4,11-15,17H2,1-2H3,(H,26,30);1H. The Morgan fingerprint density at radius 2 is 1.91 bits per heavy atom. The van der Waals surface area contributed by atoms with Gasteiger partial charge in [0.05, 0.1) is 4.90 Å². The van der Waals surface area contributed by atoms with Crippen molar-refractivity contribution in [1.82, 2.24) is 14.5 Å². The van der Waals surface area contributed by atoms with Crippen molar-refractivity contribution in [2.75, 3.05) is 51.8 Å². The van der Waals surface area contributed by atoms with E-state index in [1.54, 1.807) is 35.2 Å². The Hall–Kier alpha value is -2.40. The Kier molecular flexibility index (Phi) is 8.98. The van der Waals surface area contributed by atoms with E-state index in [0.717, 1.165) is 43.7 Å². The zero-order valence-electron chi connectivity index (χ0n) is 19.9. The fourth-order valence-corrected chi connectivity index (χ4v) is 5.37. The van der Waals surface area contributed by atoms with Crippen LogP contribution in [0.25, 0.3) is 0 Å². The Bertz CT molecular complexity index is 1130. The summed E-state index contributed by atoms with van der Waals surface area (Å²) in [5, 5.41) is 3.15. The van der Waals surface area contributed by atoms with Crippen LogP contribution in [0.3, 0.4) is 0 Å². The van der Waals surface area contributed by atoms with Gasteiger partial charge in [0.1, 0.15) is 18.2 Å². The number of anilines is 1. The van der Waals surface area contributed by atoms with Gasteiger partial charge in [-0.15, -0.1) is 12.4 Å². The van der Waals surface area contributed by atoms with E-state index in [0.29, 0.717) is 25.3 Å². The van der Waals surface area contributed by atoms with E-state index in [2.05, 4.69) is 10.2 Å². The number of rotatable bonds is 7. The number of hydrogen-bond acceptors (Lipinski definition) is 5. The van der Waals surface area contributed by atoms with E-state index in [4.69, 9.17) is 4.74 Å². The second kappa shape index (κ2) is 11.6. The molecule has 2 heterocycles. The van der Waals surface area contributed by atoms with Crippen molar-refractivity contribution < 1.29 is 22.3 Å². The van der Waals surface area contributed by atoms with Crippen LogP contribution in [0.5, 0.6) is 5.75 Å². The number of nitrogens with zero attached hydrogens (tertiary/aromatic N) is 3.